The summed E-state index contributed by atoms with van der Waals surface area (Å²) >= 11 is 1.21. The van der Waals surface area contributed by atoms with E-state index in [1.807, 2.05) is 13.0 Å². The monoisotopic (exact) mass is 400 g/mol. The highest BCUT2D eigenvalue weighted by atomic mass is 32.2. The predicted molar refractivity (Wildman–Crippen MR) is 108 cm³/mol. The smallest absolute Gasteiger partial charge is 0.262 e. The zero-order valence-electron chi connectivity index (χ0n) is 16.1. The lowest BCUT2D eigenvalue weighted by Crippen LogP contribution is -2.46. The van der Waals surface area contributed by atoms with Crippen molar-refractivity contribution < 1.29 is 9.53 Å². The lowest BCUT2D eigenvalue weighted by atomic mass is 10.0. The van der Waals surface area contributed by atoms with Crippen molar-refractivity contribution in [1.82, 2.24) is 14.9 Å². The lowest BCUT2D eigenvalue weighted by molar-refractivity contribution is -0.119. The van der Waals surface area contributed by atoms with Crippen LogP contribution >= 0.6 is 11.8 Å². The van der Waals surface area contributed by atoms with Gasteiger partial charge in [-0.15, -0.1) is 0 Å². The van der Waals surface area contributed by atoms with Gasteiger partial charge in [0.05, 0.1) is 35.4 Å². The second kappa shape index (κ2) is 8.76. The Kier molecular flexibility index (Phi) is 6.37. The molecule has 0 radical (unpaired) electrons. The number of para-hydroxylation sites is 1. The van der Waals surface area contributed by atoms with Crippen LogP contribution in [0.4, 0.5) is 0 Å². The van der Waals surface area contributed by atoms with Gasteiger partial charge in [-0.1, -0.05) is 23.9 Å². The highest BCUT2D eigenvalue weighted by molar-refractivity contribution is 7.99. The van der Waals surface area contributed by atoms with Crippen molar-refractivity contribution in [1.29, 1.82) is 5.26 Å². The Labute approximate surface area is 168 Å². The van der Waals surface area contributed by atoms with Gasteiger partial charge in [-0.2, -0.15) is 5.26 Å². The molecule has 0 bridgehead atoms. The fourth-order valence-electron chi connectivity index (χ4n) is 3.61. The summed E-state index contributed by atoms with van der Waals surface area (Å²) in [5.41, 5.74) is -0.305. The number of ether oxygens (including phenoxy) is 1. The summed E-state index contributed by atoms with van der Waals surface area (Å²) in [6, 6.07) is 9.21. The van der Waals surface area contributed by atoms with Crippen LogP contribution in [0.3, 0.4) is 0 Å². The number of carbonyl (C=O) groups is 1. The van der Waals surface area contributed by atoms with Gasteiger partial charge in [-0.25, -0.2) is 4.98 Å². The van der Waals surface area contributed by atoms with Crippen molar-refractivity contribution in [2.24, 2.45) is 0 Å². The number of thioether (sulfide) groups is 1. The first kappa shape index (κ1) is 20.4. The number of fused-ring (bicyclic) bond motifs is 1. The van der Waals surface area contributed by atoms with Crippen molar-refractivity contribution in [2.75, 3.05) is 19.5 Å². The van der Waals surface area contributed by atoms with Gasteiger partial charge in [0.15, 0.2) is 5.16 Å². The van der Waals surface area contributed by atoms with Crippen molar-refractivity contribution in [2.45, 2.75) is 49.3 Å². The number of hydrogen-bond acceptors (Lipinski definition) is 6. The number of carbonyl (C=O) groups excluding carboxylic acids is 1. The van der Waals surface area contributed by atoms with Crippen LogP contribution in [0.1, 0.15) is 38.6 Å². The molecule has 7 nitrogen and oxygen atoms in total. The lowest BCUT2D eigenvalue weighted by Gasteiger charge is -2.22. The van der Waals surface area contributed by atoms with Crippen molar-refractivity contribution >= 4 is 28.6 Å². The largest absolute Gasteiger partial charge is 0.383 e. The van der Waals surface area contributed by atoms with Gasteiger partial charge in [-0.3, -0.25) is 14.2 Å². The fourth-order valence-corrected chi connectivity index (χ4v) is 4.51. The molecule has 3 rings (SSSR count). The zero-order chi connectivity index (χ0) is 20.1. The van der Waals surface area contributed by atoms with Gasteiger partial charge < -0.3 is 10.1 Å². The van der Waals surface area contributed by atoms with Crippen LogP contribution in [0.15, 0.2) is 34.2 Å². The average molecular weight is 401 g/mol. The van der Waals surface area contributed by atoms with E-state index in [1.54, 1.807) is 29.9 Å². The minimum Gasteiger partial charge on any atom is -0.383 e. The van der Waals surface area contributed by atoms with E-state index in [1.165, 1.54) is 11.8 Å². The van der Waals surface area contributed by atoms with E-state index >= 15 is 0 Å². The Morgan fingerprint density at radius 2 is 2.14 bits per heavy atom. The third kappa shape index (κ3) is 4.21. The predicted octanol–water partition coefficient (Wildman–Crippen LogP) is 2.65. The number of aromatic nitrogens is 2. The molecule has 0 saturated heterocycles. The third-order valence-corrected chi connectivity index (χ3v) is 5.96. The molecule has 148 valence electrons. The molecule has 1 aromatic heterocycles. The van der Waals surface area contributed by atoms with Crippen LogP contribution in [0.25, 0.3) is 10.9 Å². The summed E-state index contributed by atoms with van der Waals surface area (Å²) in [5.74, 6) is -0.129. The Bertz CT molecular complexity index is 960. The van der Waals surface area contributed by atoms with Gasteiger partial charge in [0.2, 0.25) is 5.91 Å². The molecule has 28 heavy (non-hydrogen) atoms. The minimum absolute atomic E-state index is 0.0912. The molecule has 1 N–H and O–H groups in total. The summed E-state index contributed by atoms with van der Waals surface area (Å²) < 4.78 is 6.79. The van der Waals surface area contributed by atoms with E-state index in [4.69, 9.17) is 4.74 Å². The van der Waals surface area contributed by atoms with Crippen LogP contribution in [0.5, 0.6) is 0 Å². The molecular weight excluding hydrogens is 376 g/mol. The molecule has 1 fully saturated rings. The molecule has 1 unspecified atom stereocenters. The second-order valence-corrected chi connectivity index (χ2v) is 8.07. The van der Waals surface area contributed by atoms with Crippen LogP contribution in [-0.4, -0.2) is 40.5 Å². The van der Waals surface area contributed by atoms with Crippen LogP contribution in [0, 0.1) is 11.3 Å². The maximum Gasteiger partial charge on any atom is 0.262 e. The van der Waals surface area contributed by atoms with Gasteiger partial charge in [-0.05, 0) is 44.7 Å². The third-order valence-electron chi connectivity index (χ3n) is 5.01. The Morgan fingerprint density at radius 1 is 1.43 bits per heavy atom. The molecule has 1 atom stereocenters. The number of hydrogen-bond donors (Lipinski definition) is 1. The molecule has 1 aromatic carbocycles. The van der Waals surface area contributed by atoms with Crippen molar-refractivity contribution in [3.8, 4) is 6.07 Å². The first-order valence-electron chi connectivity index (χ1n) is 9.35. The molecule has 1 amide bonds. The molecule has 1 aliphatic carbocycles. The summed E-state index contributed by atoms with van der Waals surface area (Å²) in [7, 11) is 1.58. The number of nitrogens with one attached hydrogen (secondary N) is 1. The Balaban J connectivity index is 1.85. The summed E-state index contributed by atoms with van der Waals surface area (Å²) in [5, 5.41) is 13.3. The highest BCUT2D eigenvalue weighted by Gasteiger charge is 2.35. The number of nitriles is 1. The molecule has 2 aromatic rings. The maximum atomic E-state index is 13.0. The summed E-state index contributed by atoms with van der Waals surface area (Å²) in [6.07, 6.45) is 3.26. The first-order chi connectivity index (χ1) is 13.5. The van der Waals surface area contributed by atoms with Gasteiger partial charge in [0, 0.05) is 7.11 Å². The number of rotatable bonds is 7. The van der Waals surface area contributed by atoms with Gasteiger partial charge in [0.25, 0.3) is 5.56 Å². The van der Waals surface area contributed by atoms with E-state index in [9.17, 15) is 14.9 Å². The fraction of sp³-hybridized carbons (Fsp3) is 0.500. The standard InChI is InChI=1S/C20H24N4O3S/c1-14(11-27-2)24-18(26)15-7-3-4-8-16(15)22-19(24)28-12-17(25)23-20(13-21)9-5-6-10-20/h3-4,7-8,14H,5-6,9-12H2,1-2H3,(H,23,25). The van der Waals surface area contributed by atoms with Crippen molar-refractivity contribution in [3.05, 3.63) is 34.6 Å². The molecule has 0 spiro atoms. The van der Waals surface area contributed by atoms with Crippen LogP contribution in [-0.2, 0) is 9.53 Å². The van der Waals surface area contributed by atoms with Gasteiger partial charge >= 0.3 is 0 Å². The maximum absolute atomic E-state index is 13.0. The molecule has 8 heteroatoms. The molecule has 1 saturated carbocycles. The minimum atomic E-state index is -0.753. The van der Waals surface area contributed by atoms with E-state index < -0.39 is 5.54 Å². The van der Waals surface area contributed by atoms with E-state index in [-0.39, 0.29) is 23.3 Å². The van der Waals surface area contributed by atoms with Crippen LogP contribution < -0.4 is 10.9 Å². The average Bonchev–Trinajstić information content (AvgIpc) is 3.15. The van der Waals surface area contributed by atoms with Crippen molar-refractivity contribution in [3.63, 3.8) is 0 Å². The topological polar surface area (TPSA) is 97.0 Å². The Hall–Kier alpha value is -2.37. The molecule has 0 aliphatic heterocycles. The summed E-state index contributed by atoms with van der Waals surface area (Å²) in [6.45, 7) is 2.24. The quantitative estimate of drug-likeness (QED) is 0.567. The van der Waals surface area contributed by atoms with E-state index in [0.717, 1.165) is 12.8 Å². The number of amides is 1. The number of methoxy groups -OCH3 is 1. The zero-order valence-corrected chi connectivity index (χ0v) is 16.9. The number of benzene rings is 1. The Morgan fingerprint density at radius 3 is 2.82 bits per heavy atom. The first-order valence-corrected chi connectivity index (χ1v) is 10.3. The number of nitrogens with zero attached hydrogens (tertiary/aromatic N) is 3. The molecule has 1 aliphatic rings. The van der Waals surface area contributed by atoms with Gasteiger partial charge in [0.1, 0.15) is 5.54 Å². The molecular formula is C20H24N4O3S. The second-order valence-electron chi connectivity index (χ2n) is 7.13. The molecule has 1 heterocycles. The van der Waals surface area contributed by atoms with E-state index in [0.29, 0.717) is 35.5 Å². The summed E-state index contributed by atoms with van der Waals surface area (Å²) in [4.78, 5) is 30.1. The normalized spacial score (nSPS) is 16.6. The SMILES string of the molecule is COCC(C)n1c(SCC(=O)NC2(C#N)CCCC2)nc2ccccc2c1=O. The van der Waals surface area contributed by atoms with E-state index in [2.05, 4.69) is 16.4 Å². The highest BCUT2D eigenvalue weighted by Crippen LogP contribution is 2.29. The van der Waals surface area contributed by atoms with Crippen LogP contribution in [0.2, 0.25) is 0 Å².